The summed E-state index contributed by atoms with van der Waals surface area (Å²) >= 11 is 0. The number of hydrogen-bond acceptors (Lipinski definition) is 5. The van der Waals surface area contributed by atoms with E-state index in [9.17, 15) is 18.0 Å². The molecular formula is C23H28N2O5S. The van der Waals surface area contributed by atoms with Crippen molar-refractivity contribution in [2.45, 2.75) is 32.8 Å². The van der Waals surface area contributed by atoms with E-state index in [4.69, 9.17) is 4.74 Å². The van der Waals surface area contributed by atoms with Crippen LogP contribution < -0.4 is 5.32 Å². The van der Waals surface area contributed by atoms with Gasteiger partial charge < -0.3 is 10.1 Å². The van der Waals surface area contributed by atoms with Crippen LogP contribution in [0.15, 0.2) is 54.6 Å². The van der Waals surface area contributed by atoms with E-state index in [0.29, 0.717) is 24.1 Å². The van der Waals surface area contributed by atoms with Crippen LogP contribution in [0.5, 0.6) is 0 Å². The van der Waals surface area contributed by atoms with Gasteiger partial charge in [-0.25, -0.2) is 12.7 Å². The van der Waals surface area contributed by atoms with E-state index in [2.05, 4.69) is 5.32 Å². The third-order valence-corrected chi connectivity index (χ3v) is 7.32. The fraction of sp³-hybridized carbons (Fsp3) is 0.391. The minimum atomic E-state index is -3.27. The number of hydrogen-bond donors (Lipinski definition) is 1. The molecule has 166 valence electrons. The van der Waals surface area contributed by atoms with E-state index in [1.165, 1.54) is 4.31 Å². The first-order valence-electron chi connectivity index (χ1n) is 10.4. The van der Waals surface area contributed by atoms with E-state index in [0.717, 1.165) is 5.56 Å². The Morgan fingerprint density at radius 3 is 2.26 bits per heavy atom. The highest BCUT2D eigenvalue weighted by Crippen LogP contribution is 2.26. The molecule has 7 nitrogen and oxygen atoms in total. The van der Waals surface area contributed by atoms with Gasteiger partial charge in [-0.2, -0.15) is 0 Å². The molecule has 1 N–H and O–H groups in total. The summed E-state index contributed by atoms with van der Waals surface area (Å²) in [7, 11) is -3.27. The van der Waals surface area contributed by atoms with Gasteiger partial charge in [0.2, 0.25) is 16.1 Å². The molecule has 1 aliphatic heterocycles. The monoisotopic (exact) mass is 444 g/mol. The maximum absolute atomic E-state index is 13.0. The minimum Gasteiger partial charge on any atom is -0.447 e. The van der Waals surface area contributed by atoms with E-state index < -0.39 is 33.9 Å². The van der Waals surface area contributed by atoms with Crippen LogP contribution in [0.2, 0.25) is 0 Å². The fourth-order valence-corrected chi connectivity index (χ4v) is 4.64. The summed E-state index contributed by atoms with van der Waals surface area (Å²) in [6.07, 6.45) is -0.342. The van der Waals surface area contributed by atoms with Crippen molar-refractivity contribution in [2.75, 3.05) is 24.2 Å². The van der Waals surface area contributed by atoms with Gasteiger partial charge in [0.1, 0.15) is 0 Å². The number of carbonyl (C=O) groups excluding carboxylic acids is 2. The van der Waals surface area contributed by atoms with Gasteiger partial charge in [-0.1, -0.05) is 48.0 Å². The van der Waals surface area contributed by atoms with Crippen molar-refractivity contribution in [1.82, 2.24) is 4.31 Å². The number of anilines is 1. The molecular weight excluding hydrogens is 416 g/mol. The Morgan fingerprint density at radius 1 is 1.06 bits per heavy atom. The first-order chi connectivity index (χ1) is 14.8. The highest BCUT2D eigenvalue weighted by Gasteiger charge is 2.34. The largest absolute Gasteiger partial charge is 0.447 e. The zero-order valence-corrected chi connectivity index (χ0v) is 18.6. The van der Waals surface area contributed by atoms with Gasteiger partial charge in [0.25, 0.3) is 5.91 Å². The second-order valence-electron chi connectivity index (χ2n) is 7.66. The second kappa shape index (κ2) is 10.1. The number of rotatable bonds is 7. The lowest BCUT2D eigenvalue weighted by atomic mass is 9.98. The average Bonchev–Trinajstić information content (AvgIpc) is 2.79. The number of amides is 1. The van der Waals surface area contributed by atoms with Gasteiger partial charge in [-0.05, 0) is 38.8 Å². The van der Waals surface area contributed by atoms with E-state index >= 15 is 0 Å². The van der Waals surface area contributed by atoms with Crippen LogP contribution in [0.25, 0.3) is 0 Å². The molecule has 1 atom stereocenters. The van der Waals surface area contributed by atoms with Crippen LogP contribution in [-0.2, 0) is 24.3 Å². The summed E-state index contributed by atoms with van der Waals surface area (Å²) < 4.78 is 31.1. The SMILES string of the molecule is CCS(=O)(=O)N1CCC(C(=O)O[C@H](C(=O)Nc2ccc(C)cc2)c2ccccc2)CC1. The number of sulfonamides is 1. The molecule has 8 heteroatoms. The van der Waals surface area contributed by atoms with Gasteiger partial charge in [0.15, 0.2) is 0 Å². The van der Waals surface area contributed by atoms with Crippen LogP contribution in [0.3, 0.4) is 0 Å². The Balaban J connectivity index is 1.70. The number of benzene rings is 2. The third kappa shape index (κ3) is 5.92. The molecule has 0 unspecified atom stereocenters. The Labute approximate surface area is 183 Å². The van der Waals surface area contributed by atoms with Crippen molar-refractivity contribution < 1.29 is 22.7 Å². The molecule has 31 heavy (non-hydrogen) atoms. The Morgan fingerprint density at radius 2 is 1.68 bits per heavy atom. The zero-order chi connectivity index (χ0) is 22.4. The van der Waals surface area contributed by atoms with E-state index in [1.54, 1.807) is 43.3 Å². The van der Waals surface area contributed by atoms with Gasteiger partial charge in [0, 0.05) is 24.3 Å². The predicted molar refractivity (Wildman–Crippen MR) is 119 cm³/mol. The minimum absolute atomic E-state index is 0.0391. The number of nitrogens with one attached hydrogen (secondary N) is 1. The van der Waals surface area contributed by atoms with Crippen LogP contribution >= 0.6 is 0 Å². The second-order valence-corrected chi connectivity index (χ2v) is 9.91. The molecule has 1 aliphatic rings. The van der Waals surface area contributed by atoms with Crippen molar-refractivity contribution >= 4 is 27.6 Å². The molecule has 2 aromatic rings. The highest BCUT2D eigenvalue weighted by atomic mass is 32.2. The lowest BCUT2D eigenvalue weighted by molar-refractivity contribution is -0.160. The summed E-state index contributed by atoms with van der Waals surface area (Å²) in [5.41, 5.74) is 2.26. The standard InChI is InChI=1S/C23H28N2O5S/c1-3-31(28,29)25-15-13-19(14-16-25)23(27)30-21(18-7-5-4-6-8-18)22(26)24-20-11-9-17(2)10-12-20/h4-12,19,21H,3,13-16H2,1-2H3,(H,24,26)/t21-/m0/s1. The number of nitrogens with zero attached hydrogens (tertiary/aromatic N) is 1. The molecule has 0 aliphatic carbocycles. The van der Waals surface area contributed by atoms with Gasteiger partial charge >= 0.3 is 5.97 Å². The van der Waals surface area contributed by atoms with Gasteiger partial charge in [-0.3, -0.25) is 9.59 Å². The van der Waals surface area contributed by atoms with Crippen LogP contribution in [-0.4, -0.2) is 43.4 Å². The van der Waals surface area contributed by atoms with E-state index in [-0.39, 0.29) is 18.8 Å². The average molecular weight is 445 g/mol. The number of piperidine rings is 1. The molecule has 0 saturated carbocycles. The normalized spacial score (nSPS) is 16.5. The van der Waals surface area contributed by atoms with E-state index in [1.807, 2.05) is 25.1 Å². The topological polar surface area (TPSA) is 92.8 Å². The lowest BCUT2D eigenvalue weighted by Crippen LogP contribution is -2.41. The van der Waals surface area contributed by atoms with Crippen LogP contribution in [0, 0.1) is 12.8 Å². The van der Waals surface area contributed by atoms with Crippen molar-refractivity contribution in [3.05, 3.63) is 65.7 Å². The Kier molecular flexibility index (Phi) is 7.46. The van der Waals surface area contributed by atoms with Crippen molar-refractivity contribution in [2.24, 2.45) is 5.92 Å². The van der Waals surface area contributed by atoms with Crippen molar-refractivity contribution in [1.29, 1.82) is 0 Å². The molecule has 0 radical (unpaired) electrons. The van der Waals surface area contributed by atoms with Crippen molar-refractivity contribution in [3.8, 4) is 0 Å². The lowest BCUT2D eigenvalue weighted by Gasteiger charge is -2.30. The van der Waals surface area contributed by atoms with Crippen LogP contribution in [0.1, 0.15) is 37.0 Å². The molecule has 1 heterocycles. The molecule has 2 aromatic carbocycles. The summed E-state index contributed by atoms with van der Waals surface area (Å²) in [6.45, 7) is 4.12. The summed E-state index contributed by atoms with van der Waals surface area (Å²) in [4.78, 5) is 25.8. The molecule has 0 aromatic heterocycles. The summed E-state index contributed by atoms with van der Waals surface area (Å²) in [5, 5.41) is 2.81. The Bertz CT molecular complexity index is 998. The Hall–Kier alpha value is -2.71. The number of esters is 1. The smallest absolute Gasteiger partial charge is 0.310 e. The maximum atomic E-state index is 13.0. The molecule has 1 saturated heterocycles. The predicted octanol–water partition coefficient (Wildman–Crippen LogP) is 3.28. The summed E-state index contributed by atoms with van der Waals surface area (Å²) in [6, 6.07) is 16.2. The summed E-state index contributed by atoms with van der Waals surface area (Å²) in [5.74, 6) is -1.32. The van der Waals surface area contributed by atoms with Gasteiger partial charge in [-0.15, -0.1) is 0 Å². The zero-order valence-electron chi connectivity index (χ0n) is 17.8. The molecule has 0 bridgehead atoms. The van der Waals surface area contributed by atoms with Crippen molar-refractivity contribution in [3.63, 3.8) is 0 Å². The van der Waals surface area contributed by atoms with Crippen LogP contribution in [0.4, 0.5) is 5.69 Å². The maximum Gasteiger partial charge on any atom is 0.310 e. The first kappa shape index (κ1) is 23.0. The highest BCUT2D eigenvalue weighted by molar-refractivity contribution is 7.89. The number of carbonyl (C=O) groups is 2. The number of aryl methyl sites for hydroxylation is 1. The molecule has 0 spiro atoms. The fourth-order valence-electron chi connectivity index (χ4n) is 3.51. The third-order valence-electron chi connectivity index (χ3n) is 5.44. The number of ether oxygens (including phenoxy) is 1. The van der Waals surface area contributed by atoms with Gasteiger partial charge in [0.05, 0.1) is 11.7 Å². The quantitative estimate of drug-likeness (QED) is 0.662. The molecule has 1 amide bonds. The molecule has 3 rings (SSSR count). The molecule has 1 fully saturated rings. The first-order valence-corrected chi connectivity index (χ1v) is 12.0.